The summed E-state index contributed by atoms with van der Waals surface area (Å²) in [5, 5.41) is 2.74. The summed E-state index contributed by atoms with van der Waals surface area (Å²) in [6.45, 7) is 2.76. The number of nitrogens with one attached hydrogen (secondary N) is 1. The van der Waals surface area contributed by atoms with Crippen molar-refractivity contribution in [2.45, 2.75) is 12.7 Å². The van der Waals surface area contributed by atoms with Crippen molar-refractivity contribution in [1.82, 2.24) is 15.2 Å². The Morgan fingerprint density at radius 1 is 1.30 bits per heavy atom. The van der Waals surface area contributed by atoms with Gasteiger partial charge in [0.2, 0.25) is 5.91 Å². The molecule has 10 heteroatoms. The molecule has 1 fully saturated rings. The summed E-state index contributed by atoms with van der Waals surface area (Å²) in [5.41, 5.74) is -0.872. The maximum Gasteiger partial charge on any atom is 0.417 e. The van der Waals surface area contributed by atoms with Crippen LogP contribution in [0, 0.1) is 0 Å². The van der Waals surface area contributed by atoms with Crippen molar-refractivity contribution in [3.63, 3.8) is 0 Å². The highest BCUT2D eigenvalue weighted by molar-refractivity contribution is 6.33. The average molecular weight is 403 g/mol. The standard InChI is InChI=1S/C17H18ClF3N4O2/c18-14-8-12(17(19,20)21)9-23-16(14)25-5-3-24(4-6-25)11-15(26)22-10-13-2-1-7-27-13/h1-2,7-9H,3-6,10-11H2,(H,22,26). The molecule has 146 valence electrons. The molecular formula is C17H18ClF3N4O2. The monoisotopic (exact) mass is 402 g/mol. The molecule has 27 heavy (non-hydrogen) atoms. The lowest BCUT2D eigenvalue weighted by Gasteiger charge is -2.35. The van der Waals surface area contributed by atoms with E-state index in [9.17, 15) is 18.0 Å². The van der Waals surface area contributed by atoms with E-state index in [0.717, 1.165) is 12.3 Å². The van der Waals surface area contributed by atoms with E-state index in [-0.39, 0.29) is 17.5 Å². The zero-order valence-electron chi connectivity index (χ0n) is 14.3. The maximum atomic E-state index is 12.7. The van der Waals surface area contributed by atoms with Crippen molar-refractivity contribution >= 4 is 23.3 Å². The number of aromatic nitrogens is 1. The van der Waals surface area contributed by atoms with Crippen LogP contribution in [0.5, 0.6) is 0 Å². The molecule has 6 nitrogen and oxygen atoms in total. The summed E-state index contributed by atoms with van der Waals surface area (Å²) in [5.74, 6) is 0.883. The van der Waals surface area contributed by atoms with Gasteiger partial charge in [-0.25, -0.2) is 4.98 Å². The smallest absolute Gasteiger partial charge is 0.417 e. The Labute approximate surface area is 158 Å². The molecule has 2 aromatic heterocycles. The van der Waals surface area contributed by atoms with Crippen LogP contribution in [0.4, 0.5) is 19.0 Å². The van der Waals surface area contributed by atoms with E-state index in [1.165, 1.54) is 0 Å². The first-order valence-electron chi connectivity index (χ1n) is 8.32. The number of amides is 1. The minimum Gasteiger partial charge on any atom is -0.467 e. The molecule has 3 rings (SSSR count). The molecule has 0 unspecified atom stereocenters. The highest BCUT2D eigenvalue weighted by Gasteiger charge is 2.32. The topological polar surface area (TPSA) is 61.6 Å². The molecule has 1 N–H and O–H groups in total. The van der Waals surface area contributed by atoms with Crippen molar-refractivity contribution in [2.75, 3.05) is 37.6 Å². The largest absolute Gasteiger partial charge is 0.467 e. The Kier molecular flexibility index (Phi) is 5.91. The molecule has 0 bridgehead atoms. The molecule has 0 saturated carbocycles. The number of hydrogen-bond acceptors (Lipinski definition) is 5. The lowest BCUT2D eigenvalue weighted by atomic mass is 10.2. The number of pyridine rings is 1. The number of nitrogens with zero attached hydrogens (tertiary/aromatic N) is 3. The van der Waals surface area contributed by atoms with Crippen LogP contribution in [-0.2, 0) is 17.5 Å². The third-order valence-corrected chi connectivity index (χ3v) is 4.51. The second kappa shape index (κ2) is 8.18. The van der Waals surface area contributed by atoms with E-state index in [1.54, 1.807) is 18.4 Å². The molecule has 1 aliphatic rings. The van der Waals surface area contributed by atoms with E-state index >= 15 is 0 Å². The number of furan rings is 1. The lowest BCUT2D eigenvalue weighted by molar-refractivity contribution is -0.137. The van der Waals surface area contributed by atoms with Crippen LogP contribution in [0.2, 0.25) is 5.02 Å². The number of piperazine rings is 1. The van der Waals surface area contributed by atoms with Gasteiger partial charge in [0.25, 0.3) is 0 Å². The highest BCUT2D eigenvalue weighted by Crippen LogP contribution is 2.33. The summed E-state index contributed by atoms with van der Waals surface area (Å²) >= 11 is 5.99. The number of hydrogen-bond donors (Lipinski definition) is 1. The second-order valence-electron chi connectivity index (χ2n) is 6.15. The summed E-state index contributed by atoms with van der Waals surface area (Å²) in [6, 6.07) is 4.42. The van der Waals surface area contributed by atoms with Gasteiger partial charge in [0.1, 0.15) is 11.6 Å². The van der Waals surface area contributed by atoms with Gasteiger partial charge in [-0.2, -0.15) is 13.2 Å². The fraction of sp³-hybridized carbons (Fsp3) is 0.412. The summed E-state index contributed by atoms with van der Waals surface area (Å²) < 4.78 is 43.3. The Morgan fingerprint density at radius 3 is 2.63 bits per heavy atom. The molecule has 1 saturated heterocycles. The van der Waals surface area contributed by atoms with Gasteiger partial charge < -0.3 is 14.6 Å². The van der Waals surface area contributed by atoms with Crippen LogP contribution in [0.3, 0.4) is 0 Å². The van der Waals surface area contributed by atoms with Gasteiger partial charge in [0.15, 0.2) is 0 Å². The number of alkyl halides is 3. The van der Waals surface area contributed by atoms with Gasteiger partial charge >= 0.3 is 6.18 Å². The van der Waals surface area contributed by atoms with Crippen molar-refractivity contribution in [1.29, 1.82) is 0 Å². The van der Waals surface area contributed by atoms with E-state index in [1.807, 2.05) is 9.80 Å². The van der Waals surface area contributed by atoms with Crippen LogP contribution in [0.25, 0.3) is 0 Å². The molecule has 0 atom stereocenters. The number of halogens is 4. The van der Waals surface area contributed by atoms with Gasteiger partial charge in [-0.15, -0.1) is 0 Å². The number of carbonyl (C=O) groups excluding carboxylic acids is 1. The fourth-order valence-electron chi connectivity index (χ4n) is 2.79. The molecule has 0 aliphatic carbocycles. The van der Waals surface area contributed by atoms with Crippen molar-refractivity contribution in [3.05, 3.63) is 47.0 Å². The zero-order chi connectivity index (χ0) is 19.4. The van der Waals surface area contributed by atoms with Crippen LogP contribution < -0.4 is 10.2 Å². The van der Waals surface area contributed by atoms with Crippen LogP contribution in [0.15, 0.2) is 35.1 Å². The van der Waals surface area contributed by atoms with E-state index in [0.29, 0.717) is 44.3 Å². The Balaban J connectivity index is 1.49. The van der Waals surface area contributed by atoms with Crippen molar-refractivity contribution < 1.29 is 22.4 Å². The quantitative estimate of drug-likeness (QED) is 0.833. The SMILES string of the molecule is O=C(CN1CCN(c2ncc(C(F)(F)F)cc2Cl)CC1)NCc1ccco1. The maximum absolute atomic E-state index is 12.7. The second-order valence-corrected chi connectivity index (χ2v) is 6.55. The van der Waals surface area contributed by atoms with Gasteiger partial charge in [-0.05, 0) is 18.2 Å². The van der Waals surface area contributed by atoms with Crippen LogP contribution in [0.1, 0.15) is 11.3 Å². The van der Waals surface area contributed by atoms with E-state index in [4.69, 9.17) is 16.0 Å². The van der Waals surface area contributed by atoms with Crippen LogP contribution >= 0.6 is 11.6 Å². The van der Waals surface area contributed by atoms with Crippen molar-refractivity contribution in [2.24, 2.45) is 0 Å². The minimum absolute atomic E-state index is 0.0329. The fourth-order valence-corrected chi connectivity index (χ4v) is 3.08. The molecule has 1 aliphatic heterocycles. The van der Waals surface area contributed by atoms with Gasteiger partial charge in [0.05, 0.1) is 29.9 Å². The molecule has 0 radical (unpaired) electrons. The number of carbonyl (C=O) groups is 1. The molecule has 3 heterocycles. The normalized spacial score (nSPS) is 15.8. The number of anilines is 1. The first-order chi connectivity index (χ1) is 12.8. The van der Waals surface area contributed by atoms with E-state index in [2.05, 4.69) is 10.3 Å². The van der Waals surface area contributed by atoms with Gasteiger partial charge in [0, 0.05) is 32.4 Å². The van der Waals surface area contributed by atoms with Crippen molar-refractivity contribution in [3.8, 4) is 0 Å². The van der Waals surface area contributed by atoms with Gasteiger partial charge in [-0.3, -0.25) is 9.69 Å². The summed E-state index contributed by atoms with van der Waals surface area (Å²) in [4.78, 5) is 19.7. The predicted molar refractivity (Wildman–Crippen MR) is 93.5 cm³/mol. The third kappa shape index (κ3) is 5.14. The van der Waals surface area contributed by atoms with Gasteiger partial charge in [-0.1, -0.05) is 11.6 Å². The van der Waals surface area contributed by atoms with E-state index < -0.39 is 11.7 Å². The highest BCUT2D eigenvalue weighted by atomic mass is 35.5. The molecule has 0 spiro atoms. The third-order valence-electron chi connectivity index (χ3n) is 4.23. The minimum atomic E-state index is -4.48. The molecular weight excluding hydrogens is 385 g/mol. The summed E-state index contributed by atoms with van der Waals surface area (Å²) in [6.07, 6.45) is -2.15. The molecule has 2 aromatic rings. The number of rotatable bonds is 5. The molecule has 1 amide bonds. The lowest BCUT2D eigenvalue weighted by Crippen LogP contribution is -2.49. The van der Waals surface area contributed by atoms with Crippen LogP contribution in [-0.4, -0.2) is 48.5 Å². The first-order valence-corrected chi connectivity index (χ1v) is 8.70. The Morgan fingerprint density at radius 2 is 2.04 bits per heavy atom. The average Bonchev–Trinajstić information content (AvgIpc) is 3.13. The Bertz CT molecular complexity index is 775. The first kappa shape index (κ1) is 19.5. The predicted octanol–water partition coefficient (Wildman–Crippen LogP) is 2.79. The summed E-state index contributed by atoms with van der Waals surface area (Å²) in [7, 11) is 0. The zero-order valence-corrected chi connectivity index (χ0v) is 15.1. The Hall–Kier alpha value is -2.26. The molecule has 0 aromatic carbocycles.